The van der Waals surface area contributed by atoms with E-state index in [1.165, 1.54) is 6.07 Å². The predicted octanol–water partition coefficient (Wildman–Crippen LogP) is 2.75. The van der Waals surface area contributed by atoms with Crippen LogP contribution in [0.3, 0.4) is 0 Å². The van der Waals surface area contributed by atoms with Crippen LogP contribution < -0.4 is 4.90 Å². The second-order valence-corrected chi connectivity index (χ2v) is 3.78. The minimum atomic E-state index is -4.37. The number of hydrogen-bond donors (Lipinski definition) is 1. The van der Waals surface area contributed by atoms with E-state index >= 15 is 0 Å². The van der Waals surface area contributed by atoms with E-state index in [4.69, 9.17) is 9.52 Å². The predicted molar refractivity (Wildman–Crippen MR) is 54.2 cm³/mol. The smallest absolute Gasteiger partial charge is 0.406 e. The van der Waals surface area contributed by atoms with Crippen molar-refractivity contribution in [2.24, 2.45) is 0 Å². The number of rotatable bonds is 4. The van der Waals surface area contributed by atoms with Crippen LogP contribution in [0.15, 0.2) is 16.5 Å². The van der Waals surface area contributed by atoms with Crippen LogP contribution in [-0.2, 0) is 0 Å². The van der Waals surface area contributed by atoms with Crippen molar-refractivity contribution in [1.29, 1.82) is 0 Å². The van der Waals surface area contributed by atoms with Crippen LogP contribution in [0.1, 0.15) is 24.4 Å². The molecule has 0 aliphatic heterocycles. The minimum absolute atomic E-state index is 0.102. The average Bonchev–Trinajstić information content (AvgIpc) is 2.60. The second kappa shape index (κ2) is 4.68. The summed E-state index contributed by atoms with van der Waals surface area (Å²) in [7, 11) is 0. The Kier molecular flexibility index (Phi) is 3.69. The standard InChI is InChI=1S/C10H12F3NO3/c1-6(2)14(5-10(11,12)13)8-4-3-7(17-8)9(15)16/h3-4,6H,5H2,1-2H3,(H,15,16). The molecule has 1 rings (SSSR count). The third kappa shape index (κ3) is 3.69. The van der Waals surface area contributed by atoms with Crippen LogP contribution in [0.25, 0.3) is 0 Å². The SMILES string of the molecule is CC(C)N(CC(F)(F)F)c1ccc(C(=O)O)o1. The molecule has 0 unspecified atom stereocenters. The number of aromatic carboxylic acids is 1. The minimum Gasteiger partial charge on any atom is -0.475 e. The average molecular weight is 251 g/mol. The first kappa shape index (κ1) is 13.4. The molecule has 1 aromatic rings. The van der Waals surface area contributed by atoms with Gasteiger partial charge in [0.25, 0.3) is 0 Å². The van der Waals surface area contributed by atoms with Gasteiger partial charge in [0.1, 0.15) is 6.54 Å². The lowest BCUT2D eigenvalue weighted by Crippen LogP contribution is -2.38. The fourth-order valence-electron chi connectivity index (χ4n) is 1.31. The highest BCUT2D eigenvalue weighted by Crippen LogP contribution is 2.25. The van der Waals surface area contributed by atoms with Crippen molar-refractivity contribution in [2.45, 2.75) is 26.1 Å². The first-order chi connectivity index (χ1) is 7.70. The Bertz CT molecular complexity index is 398. The van der Waals surface area contributed by atoms with E-state index in [1.54, 1.807) is 13.8 Å². The Labute approximate surface area is 95.6 Å². The summed E-state index contributed by atoms with van der Waals surface area (Å²) in [5.41, 5.74) is 0. The number of anilines is 1. The third-order valence-electron chi connectivity index (χ3n) is 2.06. The molecule has 0 bridgehead atoms. The molecule has 0 atom stereocenters. The number of halogens is 3. The van der Waals surface area contributed by atoms with E-state index in [2.05, 4.69) is 0 Å². The molecule has 0 radical (unpaired) electrons. The molecule has 0 spiro atoms. The highest BCUT2D eigenvalue weighted by Gasteiger charge is 2.33. The molecule has 4 nitrogen and oxygen atoms in total. The number of carboxylic acids is 1. The maximum absolute atomic E-state index is 12.3. The number of furan rings is 1. The lowest BCUT2D eigenvalue weighted by molar-refractivity contribution is -0.120. The second-order valence-electron chi connectivity index (χ2n) is 3.78. The van der Waals surface area contributed by atoms with E-state index < -0.39 is 24.7 Å². The van der Waals surface area contributed by atoms with Gasteiger partial charge < -0.3 is 14.4 Å². The van der Waals surface area contributed by atoms with Crippen LogP contribution >= 0.6 is 0 Å². The van der Waals surface area contributed by atoms with Gasteiger partial charge in [0.15, 0.2) is 5.88 Å². The van der Waals surface area contributed by atoms with Gasteiger partial charge in [-0.2, -0.15) is 13.2 Å². The van der Waals surface area contributed by atoms with Gasteiger partial charge in [0.2, 0.25) is 5.76 Å². The summed E-state index contributed by atoms with van der Waals surface area (Å²) < 4.78 is 41.8. The van der Waals surface area contributed by atoms with Crippen LogP contribution in [0.4, 0.5) is 19.1 Å². The van der Waals surface area contributed by atoms with E-state index in [9.17, 15) is 18.0 Å². The molecule has 96 valence electrons. The maximum Gasteiger partial charge on any atom is 0.406 e. The Hall–Kier alpha value is -1.66. The molecular formula is C10H12F3NO3. The van der Waals surface area contributed by atoms with Crippen molar-refractivity contribution in [1.82, 2.24) is 0 Å². The molecule has 1 aromatic heterocycles. The summed E-state index contributed by atoms with van der Waals surface area (Å²) in [5.74, 6) is -1.80. The van der Waals surface area contributed by atoms with E-state index in [1.807, 2.05) is 0 Å². The fourth-order valence-corrected chi connectivity index (χ4v) is 1.31. The zero-order valence-electron chi connectivity index (χ0n) is 9.28. The van der Waals surface area contributed by atoms with Gasteiger partial charge in [-0.3, -0.25) is 0 Å². The summed E-state index contributed by atoms with van der Waals surface area (Å²) >= 11 is 0. The molecule has 0 amide bonds. The molecule has 0 aromatic carbocycles. The van der Waals surface area contributed by atoms with E-state index in [-0.39, 0.29) is 11.6 Å². The van der Waals surface area contributed by atoms with Gasteiger partial charge in [-0.25, -0.2) is 4.79 Å². The molecule has 0 aliphatic carbocycles. The lowest BCUT2D eigenvalue weighted by atomic mass is 10.3. The van der Waals surface area contributed by atoms with Crippen molar-refractivity contribution < 1.29 is 27.5 Å². The molecule has 1 heterocycles. The van der Waals surface area contributed by atoms with Crippen molar-refractivity contribution in [3.05, 3.63) is 17.9 Å². The Balaban J connectivity index is 2.94. The van der Waals surface area contributed by atoms with Gasteiger partial charge in [-0.1, -0.05) is 0 Å². The van der Waals surface area contributed by atoms with Gasteiger partial charge >= 0.3 is 12.1 Å². The number of carboxylic acid groups (broad SMARTS) is 1. The monoisotopic (exact) mass is 251 g/mol. The first-order valence-electron chi connectivity index (χ1n) is 4.87. The summed E-state index contributed by atoms with van der Waals surface area (Å²) in [6, 6.07) is 1.89. The summed E-state index contributed by atoms with van der Waals surface area (Å²) in [5, 5.41) is 8.62. The van der Waals surface area contributed by atoms with Crippen molar-refractivity contribution in [3.63, 3.8) is 0 Å². The van der Waals surface area contributed by atoms with Crippen LogP contribution in [0, 0.1) is 0 Å². The first-order valence-corrected chi connectivity index (χ1v) is 4.87. The quantitative estimate of drug-likeness (QED) is 0.893. The van der Waals surface area contributed by atoms with E-state index in [0.717, 1.165) is 11.0 Å². The number of hydrogen-bond acceptors (Lipinski definition) is 3. The Morgan fingerprint density at radius 2 is 2.06 bits per heavy atom. The molecule has 0 saturated carbocycles. The third-order valence-corrected chi connectivity index (χ3v) is 2.06. The highest BCUT2D eigenvalue weighted by atomic mass is 19.4. The summed E-state index contributed by atoms with van der Waals surface area (Å²) in [6.45, 7) is 1.95. The number of nitrogens with zero attached hydrogens (tertiary/aromatic N) is 1. The van der Waals surface area contributed by atoms with Gasteiger partial charge in [0, 0.05) is 12.1 Å². The number of alkyl halides is 3. The van der Waals surface area contributed by atoms with Crippen LogP contribution in [0.2, 0.25) is 0 Å². The molecule has 17 heavy (non-hydrogen) atoms. The van der Waals surface area contributed by atoms with Crippen LogP contribution in [-0.4, -0.2) is 29.8 Å². The van der Waals surface area contributed by atoms with E-state index in [0.29, 0.717) is 0 Å². The van der Waals surface area contributed by atoms with Crippen molar-refractivity contribution in [2.75, 3.05) is 11.4 Å². The molecule has 1 N–H and O–H groups in total. The Morgan fingerprint density at radius 1 is 1.47 bits per heavy atom. The normalized spacial score (nSPS) is 11.9. The largest absolute Gasteiger partial charge is 0.475 e. The number of carbonyl (C=O) groups is 1. The molecule has 0 aliphatic rings. The van der Waals surface area contributed by atoms with Crippen molar-refractivity contribution in [3.8, 4) is 0 Å². The zero-order valence-corrected chi connectivity index (χ0v) is 9.28. The molecule has 7 heteroatoms. The zero-order chi connectivity index (χ0) is 13.2. The van der Waals surface area contributed by atoms with Gasteiger partial charge in [-0.05, 0) is 19.9 Å². The lowest BCUT2D eigenvalue weighted by Gasteiger charge is -2.27. The molecular weight excluding hydrogens is 239 g/mol. The van der Waals surface area contributed by atoms with Gasteiger partial charge in [-0.15, -0.1) is 0 Å². The van der Waals surface area contributed by atoms with Gasteiger partial charge in [0.05, 0.1) is 0 Å². The molecule has 0 fully saturated rings. The summed E-state index contributed by atoms with van der Waals surface area (Å²) in [4.78, 5) is 11.5. The topological polar surface area (TPSA) is 53.7 Å². The maximum atomic E-state index is 12.3. The van der Waals surface area contributed by atoms with Crippen molar-refractivity contribution >= 4 is 11.9 Å². The highest BCUT2D eigenvalue weighted by molar-refractivity contribution is 5.84. The summed E-state index contributed by atoms with van der Waals surface area (Å²) in [6.07, 6.45) is -4.37. The fraction of sp³-hybridized carbons (Fsp3) is 0.500. The Morgan fingerprint density at radius 3 is 2.41 bits per heavy atom. The molecule has 0 saturated heterocycles. The van der Waals surface area contributed by atoms with Crippen LogP contribution in [0.5, 0.6) is 0 Å².